The molecule has 0 aromatic carbocycles. The Bertz CT molecular complexity index is 578. The number of ether oxygens (including phenoxy) is 2. The Morgan fingerprint density at radius 3 is 1.42 bits per heavy atom. The summed E-state index contributed by atoms with van der Waals surface area (Å²) in [5.41, 5.74) is 0. The molecule has 0 aliphatic carbocycles. The third-order valence-corrected chi connectivity index (χ3v) is 6.61. The molecule has 0 saturated heterocycles. The highest BCUT2D eigenvalue weighted by molar-refractivity contribution is 7.46. The van der Waals surface area contributed by atoms with Crippen molar-refractivity contribution in [1.29, 1.82) is 0 Å². The molecule has 9 heteroatoms. The molecule has 8 nitrogen and oxygen atoms in total. The van der Waals surface area contributed by atoms with Gasteiger partial charge >= 0.3 is 19.8 Å². The molecule has 2 N–H and O–H groups in total. The number of hydrogen-bond donors (Lipinski definition) is 2. The molecule has 1 atom stereocenters. The zero-order valence-corrected chi connectivity index (χ0v) is 23.8. The summed E-state index contributed by atoms with van der Waals surface area (Å²) >= 11 is 0. The molecular formula is C27H53O8P. The first-order chi connectivity index (χ1) is 17.3. The first-order valence-corrected chi connectivity index (χ1v) is 15.9. The lowest BCUT2D eigenvalue weighted by Gasteiger charge is -2.18. The number of unbranched alkanes of at least 4 members (excludes halogenated alkanes) is 16. The normalized spacial score (nSPS) is 12.4. The third-order valence-electron chi connectivity index (χ3n) is 6.13. The number of phosphoric acid groups is 1. The van der Waals surface area contributed by atoms with Crippen LogP contribution in [0.25, 0.3) is 0 Å². The largest absolute Gasteiger partial charge is 0.469 e. The summed E-state index contributed by atoms with van der Waals surface area (Å²) in [6.45, 7) is 3.60. The van der Waals surface area contributed by atoms with Crippen LogP contribution in [0, 0.1) is 0 Å². The van der Waals surface area contributed by atoms with Crippen molar-refractivity contribution >= 4 is 19.8 Å². The quantitative estimate of drug-likeness (QED) is 0.0667. The van der Waals surface area contributed by atoms with Gasteiger partial charge in [-0.25, -0.2) is 4.57 Å². The van der Waals surface area contributed by atoms with Gasteiger partial charge in [0.15, 0.2) is 6.10 Å². The van der Waals surface area contributed by atoms with Gasteiger partial charge in [-0.05, 0) is 12.8 Å². The van der Waals surface area contributed by atoms with Crippen molar-refractivity contribution in [3.63, 3.8) is 0 Å². The van der Waals surface area contributed by atoms with E-state index in [-0.39, 0.29) is 19.4 Å². The number of esters is 2. The monoisotopic (exact) mass is 536 g/mol. The summed E-state index contributed by atoms with van der Waals surface area (Å²) in [6, 6.07) is 0. The van der Waals surface area contributed by atoms with Crippen LogP contribution in [0.2, 0.25) is 0 Å². The smallest absolute Gasteiger partial charge is 0.462 e. The lowest BCUT2D eigenvalue weighted by molar-refractivity contribution is -0.161. The highest BCUT2D eigenvalue weighted by atomic mass is 31.2. The topological polar surface area (TPSA) is 119 Å². The molecule has 214 valence electrons. The maximum Gasteiger partial charge on any atom is 0.469 e. The fourth-order valence-electron chi connectivity index (χ4n) is 3.96. The number of hydrogen-bond acceptors (Lipinski definition) is 6. The van der Waals surface area contributed by atoms with Crippen molar-refractivity contribution in [3.05, 3.63) is 0 Å². The molecule has 0 heterocycles. The highest BCUT2D eigenvalue weighted by Crippen LogP contribution is 2.35. The Kier molecular flexibility index (Phi) is 23.7. The van der Waals surface area contributed by atoms with Gasteiger partial charge in [0.25, 0.3) is 0 Å². The van der Waals surface area contributed by atoms with Crippen molar-refractivity contribution < 1.29 is 37.9 Å². The van der Waals surface area contributed by atoms with E-state index in [0.717, 1.165) is 38.5 Å². The van der Waals surface area contributed by atoms with E-state index in [1.165, 1.54) is 70.6 Å². The van der Waals surface area contributed by atoms with Crippen LogP contribution in [0.5, 0.6) is 0 Å². The second-order valence-electron chi connectivity index (χ2n) is 9.74. The van der Waals surface area contributed by atoms with Crippen molar-refractivity contribution in [2.45, 2.75) is 148 Å². The van der Waals surface area contributed by atoms with Gasteiger partial charge in [0.2, 0.25) is 0 Å². The van der Waals surface area contributed by atoms with Crippen LogP contribution in [0.4, 0.5) is 0 Å². The molecule has 0 fully saturated rings. The molecule has 0 amide bonds. The lowest BCUT2D eigenvalue weighted by atomic mass is 10.1. The van der Waals surface area contributed by atoms with Crippen LogP contribution >= 0.6 is 7.82 Å². The van der Waals surface area contributed by atoms with Crippen LogP contribution in [-0.2, 0) is 28.2 Å². The maximum atomic E-state index is 12.2. The molecule has 0 aliphatic heterocycles. The van der Waals surface area contributed by atoms with Gasteiger partial charge < -0.3 is 19.3 Å². The van der Waals surface area contributed by atoms with E-state index < -0.39 is 32.5 Å². The van der Waals surface area contributed by atoms with Gasteiger partial charge in [-0.15, -0.1) is 0 Å². The molecule has 0 spiro atoms. The van der Waals surface area contributed by atoms with Crippen molar-refractivity contribution in [2.24, 2.45) is 0 Å². The Morgan fingerprint density at radius 2 is 1.00 bits per heavy atom. The molecular weight excluding hydrogens is 483 g/mol. The van der Waals surface area contributed by atoms with Crippen molar-refractivity contribution in [3.8, 4) is 0 Å². The van der Waals surface area contributed by atoms with Crippen LogP contribution in [-0.4, -0.2) is 41.0 Å². The zero-order valence-electron chi connectivity index (χ0n) is 22.9. The Labute approximate surface area is 219 Å². The summed E-state index contributed by atoms with van der Waals surface area (Å²) in [5, 5.41) is 0. The molecule has 0 bridgehead atoms. The second-order valence-corrected chi connectivity index (χ2v) is 11.0. The van der Waals surface area contributed by atoms with E-state index in [4.69, 9.17) is 19.3 Å². The zero-order chi connectivity index (χ0) is 26.9. The second kappa shape index (κ2) is 24.4. The standard InChI is InChI=1S/C27H53O8P/c1-3-5-7-9-11-13-15-17-19-21-26(28)33-23-25(24-34-36(30,31)32)35-27(29)22-20-18-16-14-12-10-8-6-4-2/h25H,3-24H2,1-2H3,(H2,30,31,32). The fourth-order valence-corrected chi connectivity index (χ4v) is 4.32. The minimum atomic E-state index is -4.72. The fraction of sp³-hybridized carbons (Fsp3) is 0.926. The van der Waals surface area contributed by atoms with Crippen LogP contribution < -0.4 is 0 Å². The highest BCUT2D eigenvalue weighted by Gasteiger charge is 2.22. The first-order valence-electron chi connectivity index (χ1n) is 14.3. The minimum Gasteiger partial charge on any atom is -0.462 e. The van der Waals surface area contributed by atoms with Crippen LogP contribution in [0.3, 0.4) is 0 Å². The SMILES string of the molecule is CCCCCCCCCCCC(=O)OCC(COP(=O)(O)O)OC(=O)CCCCCCCCCCC. The van der Waals surface area contributed by atoms with Gasteiger partial charge in [0, 0.05) is 12.8 Å². The van der Waals surface area contributed by atoms with E-state index in [2.05, 4.69) is 18.4 Å². The first kappa shape index (κ1) is 35.0. The van der Waals surface area contributed by atoms with Gasteiger partial charge in [-0.1, -0.05) is 117 Å². The predicted molar refractivity (Wildman–Crippen MR) is 143 cm³/mol. The van der Waals surface area contributed by atoms with Gasteiger partial charge in [0.1, 0.15) is 6.61 Å². The average molecular weight is 537 g/mol. The van der Waals surface area contributed by atoms with Gasteiger partial charge in [-0.3, -0.25) is 14.1 Å². The Hall–Kier alpha value is -0.950. The molecule has 0 rings (SSSR count). The summed E-state index contributed by atoms with van der Waals surface area (Å²) in [7, 11) is -4.72. The Balaban J connectivity index is 4.08. The van der Waals surface area contributed by atoms with E-state index in [1.807, 2.05) is 0 Å². The lowest BCUT2D eigenvalue weighted by Crippen LogP contribution is -2.29. The molecule has 0 radical (unpaired) electrons. The summed E-state index contributed by atoms with van der Waals surface area (Å²) < 4.78 is 26.0. The summed E-state index contributed by atoms with van der Waals surface area (Å²) in [5.74, 6) is -0.888. The molecule has 0 aromatic rings. The third kappa shape index (κ3) is 26.1. The average Bonchev–Trinajstić information content (AvgIpc) is 2.83. The number of phosphoric ester groups is 1. The maximum absolute atomic E-state index is 12.2. The van der Waals surface area contributed by atoms with Crippen molar-refractivity contribution in [2.75, 3.05) is 13.2 Å². The van der Waals surface area contributed by atoms with E-state index in [1.54, 1.807) is 0 Å². The molecule has 36 heavy (non-hydrogen) atoms. The predicted octanol–water partition coefficient (Wildman–Crippen LogP) is 7.39. The van der Waals surface area contributed by atoms with Gasteiger partial charge in [-0.2, -0.15) is 0 Å². The van der Waals surface area contributed by atoms with E-state index in [9.17, 15) is 14.2 Å². The number of rotatable bonds is 26. The molecule has 0 aliphatic rings. The molecule has 1 unspecified atom stereocenters. The molecule has 0 saturated carbocycles. The number of carbonyl (C=O) groups is 2. The van der Waals surface area contributed by atoms with E-state index >= 15 is 0 Å². The molecule has 0 aromatic heterocycles. The van der Waals surface area contributed by atoms with Crippen LogP contribution in [0.15, 0.2) is 0 Å². The van der Waals surface area contributed by atoms with Crippen molar-refractivity contribution in [1.82, 2.24) is 0 Å². The summed E-state index contributed by atoms with van der Waals surface area (Å²) in [4.78, 5) is 42.1. The van der Waals surface area contributed by atoms with E-state index in [0.29, 0.717) is 6.42 Å². The summed E-state index contributed by atoms with van der Waals surface area (Å²) in [6.07, 6.45) is 19.9. The van der Waals surface area contributed by atoms with Gasteiger partial charge in [0.05, 0.1) is 6.61 Å². The number of carbonyl (C=O) groups excluding carboxylic acids is 2. The van der Waals surface area contributed by atoms with Crippen LogP contribution in [0.1, 0.15) is 142 Å². The Morgan fingerprint density at radius 1 is 0.611 bits per heavy atom. The minimum absolute atomic E-state index is 0.217.